The largest absolute Gasteiger partial charge is 0.481 e. The van der Waals surface area contributed by atoms with Crippen molar-refractivity contribution in [2.24, 2.45) is 0 Å². The number of carbonyl (C=O) groups excluding carboxylic acids is 3. The molecule has 2 aromatic rings. The van der Waals surface area contributed by atoms with E-state index in [0.29, 0.717) is 11.3 Å². The van der Waals surface area contributed by atoms with Crippen LogP contribution in [-0.2, 0) is 9.59 Å². The molecule has 6 heteroatoms. The van der Waals surface area contributed by atoms with Gasteiger partial charge in [-0.3, -0.25) is 14.4 Å². The molecule has 2 aromatic carbocycles. The number of Topliss-reactive ketones (excluding diaryl/α,β-unsaturated/α-hetero) is 1. The Labute approximate surface area is 165 Å². The van der Waals surface area contributed by atoms with Crippen LogP contribution in [0.15, 0.2) is 42.5 Å². The van der Waals surface area contributed by atoms with E-state index in [4.69, 9.17) is 4.74 Å². The van der Waals surface area contributed by atoms with Crippen molar-refractivity contribution in [1.82, 2.24) is 4.90 Å². The summed E-state index contributed by atoms with van der Waals surface area (Å²) in [4.78, 5) is 37.7. The molecule has 1 atom stereocenters. The number of ketones is 1. The molecule has 28 heavy (non-hydrogen) atoms. The molecule has 2 amide bonds. The van der Waals surface area contributed by atoms with Gasteiger partial charge in [0.2, 0.25) is 5.91 Å². The smallest absolute Gasteiger partial charge is 0.263 e. The number of rotatable bonds is 7. The van der Waals surface area contributed by atoms with Crippen molar-refractivity contribution in [3.8, 4) is 5.75 Å². The fourth-order valence-electron chi connectivity index (χ4n) is 2.84. The molecule has 0 saturated heterocycles. The van der Waals surface area contributed by atoms with E-state index in [0.717, 1.165) is 16.8 Å². The van der Waals surface area contributed by atoms with E-state index < -0.39 is 6.10 Å². The van der Waals surface area contributed by atoms with Crippen molar-refractivity contribution < 1.29 is 19.1 Å². The molecule has 2 rings (SSSR count). The summed E-state index contributed by atoms with van der Waals surface area (Å²) in [5, 5.41) is 2.86. The zero-order chi connectivity index (χ0) is 20.8. The monoisotopic (exact) mass is 382 g/mol. The quantitative estimate of drug-likeness (QED) is 0.745. The van der Waals surface area contributed by atoms with Crippen molar-refractivity contribution in [3.05, 3.63) is 59.2 Å². The van der Waals surface area contributed by atoms with Crippen LogP contribution in [0, 0.1) is 13.8 Å². The van der Waals surface area contributed by atoms with Crippen LogP contribution >= 0.6 is 0 Å². The average molecular weight is 382 g/mol. The van der Waals surface area contributed by atoms with Crippen molar-refractivity contribution >= 4 is 23.3 Å². The van der Waals surface area contributed by atoms with E-state index in [1.807, 2.05) is 32.0 Å². The lowest BCUT2D eigenvalue weighted by atomic mass is 10.1. The van der Waals surface area contributed by atoms with Crippen LogP contribution < -0.4 is 10.1 Å². The Morgan fingerprint density at radius 2 is 1.68 bits per heavy atom. The van der Waals surface area contributed by atoms with E-state index >= 15 is 0 Å². The molecule has 0 aromatic heterocycles. The van der Waals surface area contributed by atoms with Gasteiger partial charge in [-0.15, -0.1) is 0 Å². The minimum absolute atomic E-state index is 0.0790. The third-order valence-electron chi connectivity index (χ3n) is 4.40. The van der Waals surface area contributed by atoms with Crippen LogP contribution in [0.4, 0.5) is 5.69 Å². The number of para-hydroxylation sites is 1. The van der Waals surface area contributed by atoms with Gasteiger partial charge in [0, 0.05) is 18.3 Å². The van der Waals surface area contributed by atoms with Crippen molar-refractivity contribution in [1.29, 1.82) is 0 Å². The lowest BCUT2D eigenvalue weighted by molar-refractivity contribution is -0.139. The predicted octanol–water partition coefficient (Wildman–Crippen LogP) is 3.37. The third kappa shape index (κ3) is 5.42. The minimum Gasteiger partial charge on any atom is -0.481 e. The molecule has 6 nitrogen and oxygen atoms in total. The lowest BCUT2D eigenvalue weighted by Crippen LogP contribution is -2.42. The van der Waals surface area contributed by atoms with Crippen molar-refractivity contribution in [2.45, 2.75) is 33.8 Å². The predicted molar refractivity (Wildman–Crippen MR) is 109 cm³/mol. The van der Waals surface area contributed by atoms with Crippen LogP contribution in [0.1, 0.15) is 35.3 Å². The number of amides is 2. The average Bonchev–Trinajstić information content (AvgIpc) is 2.64. The topological polar surface area (TPSA) is 75.7 Å². The molecule has 1 unspecified atom stereocenters. The highest BCUT2D eigenvalue weighted by Gasteiger charge is 2.21. The molecule has 0 bridgehead atoms. The van der Waals surface area contributed by atoms with Gasteiger partial charge in [0.05, 0.1) is 6.54 Å². The summed E-state index contributed by atoms with van der Waals surface area (Å²) in [6.45, 7) is 6.83. The maximum Gasteiger partial charge on any atom is 0.263 e. The molecule has 1 N–H and O–H groups in total. The summed E-state index contributed by atoms with van der Waals surface area (Å²) in [6, 6.07) is 12.4. The summed E-state index contributed by atoms with van der Waals surface area (Å²) in [7, 11) is 1.55. The number of anilines is 1. The van der Waals surface area contributed by atoms with E-state index in [1.54, 1.807) is 38.2 Å². The maximum absolute atomic E-state index is 12.5. The molecule has 0 aliphatic carbocycles. The fourth-order valence-corrected chi connectivity index (χ4v) is 2.84. The number of carbonyl (C=O) groups is 3. The van der Waals surface area contributed by atoms with Gasteiger partial charge in [-0.05, 0) is 51.0 Å². The highest BCUT2D eigenvalue weighted by Crippen LogP contribution is 2.19. The maximum atomic E-state index is 12.5. The number of hydrogen-bond donors (Lipinski definition) is 1. The van der Waals surface area contributed by atoms with E-state index in [9.17, 15) is 14.4 Å². The molecule has 0 saturated carbocycles. The van der Waals surface area contributed by atoms with Crippen LogP contribution in [-0.4, -0.2) is 42.2 Å². The highest BCUT2D eigenvalue weighted by molar-refractivity contribution is 5.96. The number of aryl methyl sites for hydroxylation is 2. The first-order valence-electron chi connectivity index (χ1n) is 9.07. The highest BCUT2D eigenvalue weighted by atomic mass is 16.5. The molecule has 0 aliphatic rings. The number of ether oxygens (including phenoxy) is 1. The Kier molecular flexibility index (Phi) is 6.93. The Balaban J connectivity index is 1.96. The van der Waals surface area contributed by atoms with Crippen LogP contribution in [0.2, 0.25) is 0 Å². The fraction of sp³-hybridized carbons (Fsp3) is 0.318. The Hall–Kier alpha value is -3.15. The number of nitrogens with zero attached hydrogens (tertiary/aromatic N) is 1. The van der Waals surface area contributed by atoms with Crippen LogP contribution in [0.25, 0.3) is 0 Å². The second kappa shape index (κ2) is 9.17. The van der Waals surface area contributed by atoms with E-state index in [-0.39, 0.29) is 24.1 Å². The van der Waals surface area contributed by atoms with Gasteiger partial charge in [-0.2, -0.15) is 0 Å². The SMILES string of the molecule is CC(=O)c1cccc(OC(C)C(=O)N(C)CC(=O)Nc2c(C)cccc2C)c1. The number of likely N-dealkylation sites (N-methyl/N-ethyl adjacent to an activating group) is 1. The van der Waals surface area contributed by atoms with Gasteiger partial charge in [0.15, 0.2) is 11.9 Å². The minimum atomic E-state index is -0.791. The lowest BCUT2D eigenvalue weighted by Gasteiger charge is -2.22. The molecular formula is C22H26N2O4. The van der Waals surface area contributed by atoms with Gasteiger partial charge in [-0.1, -0.05) is 30.3 Å². The van der Waals surface area contributed by atoms with Crippen molar-refractivity contribution in [2.75, 3.05) is 18.9 Å². The van der Waals surface area contributed by atoms with Gasteiger partial charge < -0.3 is 15.0 Å². The molecule has 0 aliphatic heterocycles. The zero-order valence-electron chi connectivity index (χ0n) is 16.9. The van der Waals surface area contributed by atoms with Crippen LogP contribution in [0.3, 0.4) is 0 Å². The Bertz CT molecular complexity index is 872. The number of benzene rings is 2. The van der Waals surface area contributed by atoms with Crippen molar-refractivity contribution in [3.63, 3.8) is 0 Å². The summed E-state index contributed by atoms with van der Waals surface area (Å²) >= 11 is 0. The van der Waals surface area contributed by atoms with E-state index in [1.165, 1.54) is 11.8 Å². The molecule has 0 radical (unpaired) electrons. The van der Waals surface area contributed by atoms with Crippen LogP contribution in [0.5, 0.6) is 5.75 Å². The summed E-state index contributed by atoms with van der Waals surface area (Å²) < 4.78 is 5.65. The van der Waals surface area contributed by atoms with Gasteiger partial charge in [0.25, 0.3) is 5.91 Å². The molecule has 148 valence electrons. The first kappa shape index (κ1) is 21.2. The van der Waals surface area contributed by atoms with Gasteiger partial charge in [0.1, 0.15) is 5.75 Å². The van der Waals surface area contributed by atoms with E-state index in [2.05, 4.69) is 5.32 Å². The summed E-state index contributed by atoms with van der Waals surface area (Å²) in [6.07, 6.45) is -0.791. The third-order valence-corrected chi connectivity index (χ3v) is 4.40. The van der Waals surface area contributed by atoms with Gasteiger partial charge >= 0.3 is 0 Å². The second-order valence-electron chi connectivity index (χ2n) is 6.85. The molecular weight excluding hydrogens is 356 g/mol. The molecule has 0 spiro atoms. The first-order valence-corrected chi connectivity index (χ1v) is 9.07. The zero-order valence-corrected chi connectivity index (χ0v) is 16.9. The number of hydrogen-bond acceptors (Lipinski definition) is 4. The van der Waals surface area contributed by atoms with Gasteiger partial charge in [-0.25, -0.2) is 0 Å². The first-order chi connectivity index (χ1) is 13.2. The molecule has 0 heterocycles. The number of nitrogens with one attached hydrogen (secondary N) is 1. The summed E-state index contributed by atoms with van der Waals surface area (Å²) in [5.41, 5.74) is 3.20. The Morgan fingerprint density at radius 1 is 1.07 bits per heavy atom. The molecule has 0 fully saturated rings. The Morgan fingerprint density at radius 3 is 2.29 bits per heavy atom. The second-order valence-corrected chi connectivity index (χ2v) is 6.85. The summed E-state index contributed by atoms with van der Waals surface area (Å²) in [5.74, 6) is -0.254. The standard InChI is InChI=1S/C22H26N2O4/c1-14-8-6-9-15(2)21(14)23-20(26)13-24(5)22(27)17(4)28-19-11-7-10-18(12-19)16(3)25/h6-12,17H,13H2,1-5H3,(H,23,26). The normalized spacial score (nSPS) is 11.5.